The number of rotatable bonds is 3. The van der Waals surface area contributed by atoms with Gasteiger partial charge in [0, 0.05) is 5.69 Å². The zero-order chi connectivity index (χ0) is 13.6. The first-order chi connectivity index (χ1) is 8.96. The SMILES string of the molecule is Cc1nc2ccc(NC(=O)C(C)(N)C3CC3)cc2s1. The Morgan fingerprint density at radius 1 is 1.53 bits per heavy atom. The number of nitrogens with two attached hydrogens (primary N) is 1. The van der Waals surface area contributed by atoms with E-state index in [0.29, 0.717) is 5.92 Å². The van der Waals surface area contributed by atoms with E-state index in [4.69, 9.17) is 5.73 Å². The lowest BCUT2D eigenvalue weighted by molar-refractivity contribution is -0.121. The zero-order valence-corrected chi connectivity index (χ0v) is 11.9. The van der Waals surface area contributed by atoms with Crippen molar-refractivity contribution in [1.82, 2.24) is 4.98 Å². The van der Waals surface area contributed by atoms with Crippen LogP contribution >= 0.6 is 11.3 Å². The maximum atomic E-state index is 12.2. The van der Waals surface area contributed by atoms with E-state index in [9.17, 15) is 4.79 Å². The molecule has 2 aromatic rings. The van der Waals surface area contributed by atoms with Crippen LogP contribution in [0.4, 0.5) is 5.69 Å². The summed E-state index contributed by atoms with van der Waals surface area (Å²) in [6.07, 6.45) is 2.10. The number of aryl methyl sites for hydroxylation is 1. The second-order valence-corrected chi connectivity index (χ2v) is 6.66. The highest BCUT2D eigenvalue weighted by Gasteiger charge is 2.44. The fourth-order valence-electron chi connectivity index (χ4n) is 2.25. The highest BCUT2D eigenvalue weighted by atomic mass is 32.1. The molecule has 5 heteroatoms. The number of nitrogens with zero attached hydrogens (tertiary/aromatic N) is 1. The Labute approximate surface area is 116 Å². The Bertz CT molecular complexity index is 643. The van der Waals surface area contributed by atoms with Crippen LogP contribution in [0.25, 0.3) is 10.2 Å². The molecule has 0 saturated heterocycles. The van der Waals surface area contributed by atoms with Crippen LogP contribution in [-0.2, 0) is 4.79 Å². The van der Waals surface area contributed by atoms with Gasteiger partial charge in [-0.25, -0.2) is 4.98 Å². The van der Waals surface area contributed by atoms with Crippen molar-refractivity contribution in [3.8, 4) is 0 Å². The highest BCUT2D eigenvalue weighted by Crippen LogP contribution is 2.38. The Kier molecular flexibility index (Phi) is 2.83. The number of anilines is 1. The maximum Gasteiger partial charge on any atom is 0.244 e. The molecule has 4 nitrogen and oxygen atoms in total. The quantitative estimate of drug-likeness (QED) is 0.905. The first-order valence-electron chi connectivity index (χ1n) is 6.44. The van der Waals surface area contributed by atoms with Crippen molar-refractivity contribution in [3.05, 3.63) is 23.2 Å². The van der Waals surface area contributed by atoms with Crippen LogP contribution in [0, 0.1) is 12.8 Å². The third-order valence-electron chi connectivity index (χ3n) is 3.67. The molecule has 1 unspecified atom stereocenters. The van der Waals surface area contributed by atoms with E-state index in [1.165, 1.54) is 0 Å². The van der Waals surface area contributed by atoms with Gasteiger partial charge in [-0.05, 0) is 50.8 Å². The Morgan fingerprint density at radius 2 is 2.26 bits per heavy atom. The van der Waals surface area contributed by atoms with E-state index < -0.39 is 5.54 Å². The van der Waals surface area contributed by atoms with E-state index in [1.807, 2.05) is 32.0 Å². The summed E-state index contributed by atoms with van der Waals surface area (Å²) in [4.78, 5) is 16.6. The second-order valence-electron chi connectivity index (χ2n) is 5.43. The van der Waals surface area contributed by atoms with Crippen molar-refractivity contribution in [3.63, 3.8) is 0 Å². The van der Waals surface area contributed by atoms with Crippen LogP contribution in [0.2, 0.25) is 0 Å². The lowest BCUT2D eigenvalue weighted by Gasteiger charge is -2.23. The lowest BCUT2D eigenvalue weighted by Crippen LogP contribution is -2.50. The van der Waals surface area contributed by atoms with E-state index in [-0.39, 0.29) is 5.91 Å². The van der Waals surface area contributed by atoms with Gasteiger partial charge in [-0.2, -0.15) is 0 Å². The van der Waals surface area contributed by atoms with Crippen molar-refractivity contribution in [2.45, 2.75) is 32.2 Å². The molecule has 3 N–H and O–H groups in total. The standard InChI is InChI=1S/C14H17N3OS/c1-8-16-11-6-5-10(7-12(11)19-8)17-13(18)14(2,15)9-3-4-9/h5-7,9H,3-4,15H2,1-2H3,(H,17,18). The zero-order valence-electron chi connectivity index (χ0n) is 11.1. The van der Waals surface area contributed by atoms with Crippen LogP contribution in [-0.4, -0.2) is 16.4 Å². The summed E-state index contributed by atoms with van der Waals surface area (Å²) < 4.78 is 1.08. The molecule has 0 bridgehead atoms. The van der Waals surface area contributed by atoms with Crippen molar-refractivity contribution in [1.29, 1.82) is 0 Å². The summed E-state index contributed by atoms with van der Waals surface area (Å²) in [5, 5.41) is 3.95. The predicted octanol–water partition coefficient (Wildman–Crippen LogP) is 2.67. The molecule has 1 fully saturated rings. The Balaban J connectivity index is 1.82. The van der Waals surface area contributed by atoms with Gasteiger partial charge in [-0.3, -0.25) is 4.79 Å². The number of nitrogens with one attached hydrogen (secondary N) is 1. The lowest BCUT2D eigenvalue weighted by atomic mass is 9.96. The summed E-state index contributed by atoms with van der Waals surface area (Å²) in [5.41, 5.74) is 7.10. The summed E-state index contributed by atoms with van der Waals surface area (Å²) in [7, 11) is 0. The van der Waals surface area contributed by atoms with Gasteiger partial charge in [0.25, 0.3) is 0 Å². The molecule has 1 aliphatic rings. The first kappa shape index (κ1) is 12.6. The molecule has 0 radical (unpaired) electrons. The van der Waals surface area contributed by atoms with E-state index in [1.54, 1.807) is 11.3 Å². The minimum Gasteiger partial charge on any atom is -0.324 e. The van der Waals surface area contributed by atoms with Gasteiger partial charge >= 0.3 is 0 Å². The fourth-order valence-corrected chi connectivity index (χ4v) is 3.12. The average molecular weight is 275 g/mol. The molecule has 1 saturated carbocycles. The van der Waals surface area contributed by atoms with Crippen LogP contribution in [0.5, 0.6) is 0 Å². The van der Waals surface area contributed by atoms with Gasteiger partial charge in [-0.15, -0.1) is 11.3 Å². The minimum absolute atomic E-state index is 0.101. The molecule has 100 valence electrons. The number of thiazole rings is 1. The van der Waals surface area contributed by atoms with Gasteiger partial charge in [0.05, 0.1) is 20.8 Å². The van der Waals surface area contributed by atoms with Crippen LogP contribution in [0.3, 0.4) is 0 Å². The molecule has 0 aliphatic heterocycles. The smallest absolute Gasteiger partial charge is 0.244 e. The average Bonchev–Trinajstić information content (AvgIpc) is 3.12. The number of fused-ring (bicyclic) bond motifs is 1. The molecule has 1 heterocycles. The number of carbonyl (C=O) groups is 1. The molecule has 0 spiro atoms. The minimum atomic E-state index is -0.765. The second kappa shape index (κ2) is 4.28. The summed E-state index contributed by atoms with van der Waals surface area (Å²) in [5.74, 6) is 0.220. The Morgan fingerprint density at radius 3 is 2.95 bits per heavy atom. The van der Waals surface area contributed by atoms with Crippen molar-refractivity contribution in [2.24, 2.45) is 11.7 Å². The largest absolute Gasteiger partial charge is 0.324 e. The topological polar surface area (TPSA) is 68.0 Å². The number of benzene rings is 1. The Hall–Kier alpha value is -1.46. The van der Waals surface area contributed by atoms with Crippen LogP contribution < -0.4 is 11.1 Å². The third-order valence-corrected chi connectivity index (χ3v) is 4.60. The molecule has 1 atom stereocenters. The third kappa shape index (κ3) is 2.35. The predicted molar refractivity (Wildman–Crippen MR) is 78.3 cm³/mol. The number of hydrogen-bond donors (Lipinski definition) is 2. The van der Waals surface area contributed by atoms with Gasteiger partial charge < -0.3 is 11.1 Å². The molecular formula is C14H17N3OS. The van der Waals surface area contributed by atoms with E-state index in [2.05, 4.69) is 10.3 Å². The van der Waals surface area contributed by atoms with Crippen molar-refractivity contribution < 1.29 is 4.79 Å². The molecule has 19 heavy (non-hydrogen) atoms. The summed E-state index contributed by atoms with van der Waals surface area (Å²) in [6, 6.07) is 5.77. The molecular weight excluding hydrogens is 258 g/mol. The van der Waals surface area contributed by atoms with Crippen molar-refractivity contribution >= 4 is 33.1 Å². The number of amides is 1. The number of hydrogen-bond acceptors (Lipinski definition) is 4. The molecule has 1 aliphatic carbocycles. The fraction of sp³-hybridized carbons (Fsp3) is 0.429. The van der Waals surface area contributed by atoms with E-state index in [0.717, 1.165) is 33.8 Å². The monoisotopic (exact) mass is 275 g/mol. The van der Waals surface area contributed by atoms with Gasteiger partial charge in [-0.1, -0.05) is 0 Å². The van der Waals surface area contributed by atoms with Crippen LogP contribution in [0.1, 0.15) is 24.8 Å². The normalized spacial score (nSPS) is 18.3. The van der Waals surface area contributed by atoms with Gasteiger partial charge in [0.2, 0.25) is 5.91 Å². The first-order valence-corrected chi connectivity index (χ1v) is 7.26. The van der Waals surface area contributed by atoms with Crippen molar-refractivity contribution in [2.75, 3.05) is 5.32 Å². The van der Waals surface area contributed by atoms with Crippen LogP contribution in [0.15, 0.2) is 18.2 Å². The number of aromatic nitrogens is 1. The maximum absolute atomic E-state index is 12.2. The summed E-state index contributed by atoms with van der Waals surface area (Å²) >= 11 is 1.63. The highest BCUT2D eigenvalue weighted by molar-refractivity contribution is 7.18. The molecule has 1 aromatic carbocycles. The van der Waals surface area contributed by atoms with Gasteiger partial charge in [0.15, 0.2) is 0 Å². The molecule has 1 amide bonds. The molecule has 3 rings (SSSR count). The van der Waals surface area contributed by atoms with Gasteiger partial charge in [0.1, 0.15) is 0 Å². The molecule has 1 aromatic heterocycles. The number of carbonyl (C=O) groups excluding carboxylic acids is 1. The summed E-state index contributed by atoms with van der Waals surface area (Å²) in [6.45, 7) is 3.79. The van der Waals surface area contributed by atoms with E-state index >= 15 is 0 Å².